The van der Waals surface area contributed by atoms with Crippen molar-refractivity contribution in [2.45, 2.75) is 71.9 Å². The second-order valence-corrected chi connectivity index (χ2v) is 22.9. The van der Waals surface area contributed by atoms with Crippen molar-refractivity contribution in [1.82, 2.24) is 39.9 Å². The maximum absolute atomic E-state index is 12.5. The number of carbonyl (C=O) groups is 4. The molecule has 0 fully saturated rings. The van der Waals surface area contributed by atoms with Crippen LogP contribution >= 0.6 is 66.7 Å². The molecule has 0 bridgehead atoms. The Kier molecular flexibility index (Phi) is 15.8. The van der Waals surface area contributed by atoms with E-state index in [9.17, 15) is 39.4 Å². The Morgan fingerprint density at radius 2 is 0.929 bits per heavy atom. The van der Waals surface area contributed by atoms with Gasteiger partial charge < -0.3 is 32.7 Å². The molecule has 0 radical (unpaired) electrons. The fraction of sp³-hybridized carbons (Fsp3) is 0.214. The van der Waals surface area contributed by atoms with Crippen LogP contribution in [0.1, 0.15) is 66.8 Å². The van der Waals surface area contributed by atoms with Gasteiger partial charge >= 0.3 is 0 Å². The van der Waals surface area contributed by atoms with Gasteiger partial charge in [0.25, 0.3) is 11.4 Å². The number of fused-ring (bicyclic) bond motifs is 10. The number of nitro benzene ring substituents is 2. The Morgan fingerprint density at radius 3 is 1.47 bits per heavy atom. The van der Waals surface area contributed by atoms with Gasteiger partial charge in [-0.1, -0.05) is 90.9 Å². The number of benzene rings is 4. The average molecular weight is 1330 g/mol. The highest BCUT2D eigenvalue weighted by Gasteiger charge is 2.55. The number of aromatic nitrogens is 8. The third kappa shape index (κ3) is 10.7. The molecular weight excluding hydrogens is 1290 g/mol. The first-order valence-corrected chi connectivity index (χ1v) is 29.1. The standard InChI is InChI=1S/C14H9ClN4O3.C14H11ClN4O.C14H12N4O.C8H7Br2NO2.C6H4ClN3O/c15-11-10-12(17-6-16-11)18-13(20)14(10)4-7-1-2-9(19(21)22)3-8(7)5-14;15-11-10-12(18-6-17-11)19-13(20)14(10)4-7-1-2-9(16)3-8(7)5-14;15-10-2-1-8-4-14(5-9(8)3-10)11-6-16-7-17-12(11)18-13(14)19;9-4-6-1-2-8(11(12)13)3-7(6)5-10;7-5-3-1-4(11)10-6(3)9-2-8-5/h1-3,6H,4-5H2,(H,16,17,18,20);1-3,6H,4-5,16H2,(H,17,18,19,20);1-3,6-7H,4-5,15H2,(H,16,17,18,19);1-3H,4-5H2;2H,1H2,(H,8,9,10,11). The van der Waals surface area contributed by atoms with Crippen LogP contribution in [-0.2, 0) is 91.0 Å². The molecule has 0 saturated heterocycles. The molecule has 8 N–H and O–H groups in total. The van der Waals surface area contributed by atoms with Crippen molar-refractivity contribution >= 4 is 136 Å². The van der Waals surface area contributed by atoms with E-state index in [0.29, 0.717) is 105 Å². The van der Waals surface area contributed by atoms with Crippen LogP contribution in [0.15, 0.2) is 104 Å². The molecule has 3 spiro atoms. The fourth-order valence-corrected chi connectivity index (χ4v) is 13.6. The summed E-state index contributed by atoms with van der Waals surface area (Å²) in [4.78, 5) is 101. The van der Waals surface area contributed by atoms with E-state index in [1.165, 1.54) is 49.1 Å². The quantitative estimate of drug-likeness (QED) is 0.0315. The van der Waals surface area contributed by atoms with Crippen molar-refractivity contribution in [2.24, 2.45) is 0 Å². The highest BCUT2D eigenvalue weighted by molar-refractivity contribution is 9.09. The number of nitrogens with two attached hydrogens (primary N) is 2. The number of anilines is 6. The second kappa shape index (κ2) is 23.1. The lowest BCUT2D eigenvalue weighted by Gasteiger charge is -2.20. The van der Waals surface area contributed by atoms with Crippen LogP contribution in [0.2, 0.25) is 15.5 Å². The average Bonchev–Trinajstić information content (AvgIpc) is 1.65. The van der Waals surface area contributed by atoms with E-state index in [1.807, 2.05) is 36.4 Å². The molecule has 24 nitrogen and oxygen atoms in total. The number of nitro groups is 2. The zero-order valence-electron chi connectivity index (χ0n) is 44.0. The van der Waals surface area contributed by atoms with Gasteiger partial charge in [-0.25, -0.2) is 39.9 Å². The molecule has 4 amide bonds. The summed E-state index contributed by atoms with van der Waals surface area (Å²) in [5.74, 6) is 1.80. The summed E-state index contributed by atoms with van der Waals surface area (Å²) in [6.07, 6.45) is 10.8. The first-order chi connectivity index (χ1) is 40.8. The van der Waals surface area contributed by atoms with Crippen molar-refractivity contribution in [3.8, 4) is 0 Å². The van der Waals surface area contributed by atoms with Crippen LogP contribution in [-0.4, -0.2) is 73.3 Å². The number of alkyl halides is 2. The van der Waals surface area contributed by atoms with Crippen molar-refractivity contribution in [2.75, 3.05) is 32.7 Å². The fourth-order valence-electron chi connectivity index (χ4n) is 11.7. The molecule has 85 heavy (non-hydrogen) atoms. The van der Waals surface area contributed by atoms with Crippen LogP contribution in [0.5, 0.6) is 0 Å². The molecule has 7 aliphatic rings. The summed E-state index contributed by atoms with van der Waals surface area (Å²) < 4.78 is 0. The summed E-state index contributed by atoms with van der Waals surface area (Å²) in [5.41, 5.74) is 22.3. The predicted octanol–water partition coefficient (Wildman–Crippen LogP) is 8.78. The molecule has 8 heterocycles. The van der Waals surface area contributed by atoms with E-state index in [-0.39, 0.29) is 51.5 Å². The number of hydrogen-bond donors (Lipinski definition) is 6. The molecule has 0 saturated carbocycles. The molecule has 29 heteroatoms. The maximum Gasteiger partial charge on any atom is 0.269 e. The predicted molar refractivity (Wildman–Crippen MR) is 322 cm³/mol. The first-order valence-electron chi connectivity index (χ1n) is 25.7. The molecule has 4 aromatic carbocycles. The van der Waals surface area contributed by atoms with Gasteiger partial charge in [0.15, 0.2) is 0 Å². The molecule has 15 rings (SSSR count). The largest absolute Gasteiger partial charge is 0.399 e. The lowest BCUT2D eigenvalue weighted by Crippen LogP contribution is -2.35. The highest BCUT2D eigenvalue weighted by atomic mass is 79.9. The number of rotatable bonds is 4. The van der Waals surface area contributed by atoms with E-state index < -0.39 is 21.2 Å². The Morgan fingerprint density at radius 1 is 0.494 bits per heavy atom. The monoisotopic (exact) mass is 1330 g/mol. The number of nitrogens with zero attached hydrogens (tertiary/aromatic N) is 10. The molecule has 4 aliphatic heterocycles. The van der Waals surface area contributed by atoms with Gasteiger partial charge in [-0.2, -0.15) is 0 Å². The smallest absolute Gasteiger partial charge is 0.269 e. The van der Waals surface area contributed by atoms with Crippen LogP contribution in [0.25, 0.3) is 0 Å². The second-order valence-electron chi connectivity index (χ2n) is 20.7. The zero-order chi connectivity index (χ0) is 60.1. The number of halogens is 5. The van der Waals surface area contributed by atoms with E-state index in [4.69, 9.17) is 46.3 Å². The summed E-state index contributed by atoms with van der Waals surface area (Å²) >= 11 is 24.7. The Labute approximate surface area is 513 Å². The zero-order valence-corrected chi connectivity index (χ0v) is 49.4. The molecule has 430 valence electrons. The molecule has 8 aromatic rings. The Balaban J connectivity index is 0.000000113. The first kappa shape index (κ1) is 58.1. The normalized spacial score (nSPS) is 19.5. The molecule has 3 atom stereocenters. The van der Waals surface area contributed by atoms with Crippen molar-refractivity contribution in [1.29, 1.82) is 0 Å². The van der Waals surface area contributed by atoms with Gasteiger partial charge in [0.1, 0.15) is 64.0 Å². The van der Waals surface area contributed by atoms with Gasteiger partial charge in [0, 0.05) is 74.8 Å². The number of nitrogens with one attached hydrogen (secondary N) is 4. The van der Waals surface area contributed by atoms with Gasteiger partial charge in [-0.05, 0) is 107 Å². The summed E-state index contributed by atoms with van der Waals surface area (Å²) in [6, 6.07) is 21.1. The number of nitrogen functional groups attached to an aromatic ring is 2. The molecule has 3 aliphatic carbocycles. The molecule has 4 aromatic heterocycles. The van der Waals surface area contributed by atoms with Gasteiger partial charge in [0.05, 0.1) is 32.5 Å². The van der Waals surface area contributed by atoms with E-state index in [0.717, 1.165) is 50.2 Å². The van der Waals surface area contributed by atoms with Crippen molar-refractivity contribution in [3.05, 3.63) is 207 Å². The lowest BCUT2D eigenvalue weighted by molar-refractivity contribution is -0.385. The van der Waals surface area contributed by atoms with Crippen LogP contribution in [0.3, 0.4) is 0 Å². The topological polar surface area (TPSA) is 358 Å². The summed E-state index contributed by atoms with van der Waals surface area (Å²) in [6.45, 7) is 0. The lowest BCUT2D eigenvalue weighted by atomic mass is 9.80. The van der Waals surface area contributed by atoms with Crippen molar-refractivity contribution < 1.29 is 29.0 Å². The minimum absolute atomic E-state index is 0.0118. The van der Waals surface area contributed by atoms with Gasteiger partial charge in [0.2, 0.25) is 23.6 Å². The van der Waals surface area contributed by atoms with Crippen LogP contribution in [0.4, 0.5) is 46.0 Å². The van der Waals surface area contributed by atoms with E-state index >= 15 is 0 Å². The minimum Gasteiger partial charge on any atom is -0.399 e. The Bertz CT molecular complexity index is 4170. The van der Waals surface area contributed by atoms with Crippen molar-refractivity contribution in [3.63, 3.8) is 0 Å². The maximum atomic E-state index is 12.5. The van der Waals surface area contributed by atoms with Crippen LogP contribution in [0, 0.1) is 20.2 Å². The number of amides is 4. The number of carbonyl (C=O) groups excluding carboxylic acids is 4. The van der Waals surface area contributed by atoms with Gasteiger partial charge in [-0.15, -0.1) is 0 Å². The van der Waals surface area contributed by atoms with E-state index in [1.54, 1.807) is 24.4 Å². The SMILES string of the molecule is Nc1ccc2c(c1)CC1(C2)C(=O)Nc2ncnc(Cl)c21.Nc1ccc2c(c1)CC1(C2)C(=O)Nc2ncncc21.O=C1Cc2c(Cl)ncnc2N1.O=C1Nc2ncnc(Cl)c2C12Cc1ccc([N+](=O)[O-])cc1C2.O=[N+]([O-])c1ccc(CBr)c(CBr)c1. The van der Waals surface area contributed by atoms with Gasteiger partial charge in [-0.3, -0.25) is 39.4 Å². The third-order valence-corrected chi connectivity index (χ3v) is 17.9. The summed E-state index contributed by atoms with van der Waals surface area (Å²) in [7, 11) is 0. The highest BCUT2D eigenvalue weighted by Crippen LogP contribution is 2.51. The third-order valence-electron chi connectivity index (χ3n) is 15.8. The molecular formula is C56H43Br2Cl3N16O8. The minimum atomic E-state index is -0.870. The van der Waals surface area contributed by atoms with E-state index in [2.05, 4.69) is 93.0 Å². The Hall–Kier alpha value is -8.69. The number of hydrogen-bond acceptors (Lipinski definition) is 18. The summed E-state index contributed by atoms with van der Waals surface area (Å²) in [5, 5.41) is 34.6. The molecule has 3 unspecified atom stereocenters. The number of non-ortho nitro benzene ring substituents is 2. The van der Waals surface area contributed by atoms with Crippen LogP contribution < -0.4 is 32.7 Å².